The van der Waals surface area contributed by atoms with Crippen molar-refractivity contribution in [3.63, 3.8) is 0 Å². The van der Waals surface area contributed by atoms with E-state index in [2.05, 4.69) is 0 Å². The van der Waals surface area contributed by atoms with Gasteiger partial charge in [-0.1, -0.05) is 32.0 Å². The van der Waals surface area contributed by atoms with Crippen LogP contribution in [0.25, 0.3) is 0 Å². The number of aliphatic carboxylic acids is 1. The molecule has 3 nitrogen and oxygen atoms in total. The van der Waals surface area contributed by atoms with Gasteiger partial charge < -0.3 is 9.84 Å². The van der Waals surface area contributed by atoms with E-state index in [-0.39, 0.29) is 5.92 Å². The summed E-state index contributed by atoms with van der Waals surface area (Å²) in [6, 6.07) is 5.95. The normalized spacial score (nSPS) is 11.7. The lowest BCUT2D eigenvalue weighted by Crippen LogP contribution is -2.10. The molecule has 0 spiro atoms. The van der Waals surface area contributed by atoms with Crippen LogP contribution in [0.5, 0.6) is 5.75 Å². The summed E-state index contributed by atoms with van der Waals surface area (Å²) < 4.78 is 5.76. The molecule has 0 saturated heterocycles. The molecule has 0 heterocycles. The lowest BCUT2D eigenvalue weighted by molar-refractivity contribution is -0.131. The maximum Gasteiger partial charge on any atom is 0.328 e. The van der Waals surface area contributed by atoms with Crippen molar-refractivity contribution in [1.29, 1.82) is 0 Å². The Balaban J connectivity index is 2.83. The molecule has 0 aromatic heterocycles. The summed E-state index contributed by atoms with van der Waals surface area (Å²) in [7, 11) is 0. The summed E-state index contributed by atoms with van der Waals surface area (Å²) in [5.41, 5.74) is 2.91. The van der Waals surface area contributed by atoms with Crippen molar-refractivity contribution in [2.24, 2.45) is 5.92 Å². The molecule has 18 heavy (non-hydrogen) atoms. The zero-order valence-electron chi connectivity index (χ0n) is 11.4. The molecule has 1 aromatic carbocycles. The fourth-order valence-corrected chi connectivity index (χ4v) is 1.72. The van der Waals surface area contributed by atoms with Crippen LogP contribution in [0.3, 0.4) is 0 Å². The van der Waals surface area contributed by atoms with Gasteiger partial charge in [0.25, 0.3) is 0 Å². The van der Waals surface area contributed by atoms with Crippen LogP contribution in [0.4, 0.5) is 0 Å². The molecular weight excluding hydrogens is 228 g/mol. The minimum atomic E-state index is -0.927. The Kier molecular flexibility index (Phi) is 4.95. The van der Waals surface area contributed by atoms with E-state index < -0.39 is 5.97 Å². The van der Waals surface area contributed by atoms with Crippen LogP contribution < -0.4 is 4.74 Å². The SMILES string of the molecule is Cc1cccc(C)c1OC/C(=C/C(=O)O)C(C)C. The lowest BCUT2D eigenvalue weighted by Gasteiger charge is -2.15. The van der Waals surface area contributed by atoms with Crippen molar-refractivity contribution in [2.45, 2.75) is 27.7 Å². The van der Waals surface area contributed by atoms with Crippen LogP contribution in [0.1, 0.15) is 25.0 Å². The lowest BCUT2D eigenvalue weighted by atomic mass is 10.0. The van der Waals surface area contributed by atoms with Crippen LogP contribution in [-0.4, -0.2) is 17.7 Å². The van der Waals surface area contributed by atoms with Crippen LogP contribution in [0, 0.1) is 19.8 Å². The van der Waals surface area contributed by atoms with Gasteiger partial charge in [0.05, 0.1) is 0 Å². The van der Waals surface area contributed by atoms with Crippen molar-refractivity contribution in [3.05, 3.63) is 41.0 Å². The number of para-hydroxylation sites is 1. The zero-order chi connectivity index (χ0) is 13.7. The van der Waals surface area contributed by atoms with Gasteiger partial charge >= 0.3 is 5.97 Å². The molecule has 98 valence electrons. The Morgan fingerprint density at radius 2 is 1.89 bits per heavy atom. The molecule has 0 bridgehead atoms. The second-order valence-corrected chi connectivity index (χ2v) is 4.72. The molecule has 1 N–H and O–H groups in total. The molecule has 0 aliphatic rings. The van der Waals surface area contributed by atoms with Gasteiger partial charge in [0.2, 0.25) is 0 Å². The van der Waals surface area contributed by atoms with Crippen LogP contribution in [0.2, 0.25) is 0 Å². The number of aryl methyl sites for hydroxylation is 2. The van der Waals surface area contributed by atoms with Gasteiger partial charge in [-0.2, -0.15) is 0 Å². The Labute approximate surface area is 108 Å². The second kappa shape index (κ2) is 6.24. The number of carboxylic acid groups (broad SMARTS) is 1. The molecule has 0 unspecified atom stereocenters. The third-order valence-corrected chi connectivity index (χ3v) is 2.84. The molecule has 0 amide bonds. The van der Waals surface area contributed by atoms with Crippen molar-refractivity contribution in [3.8, 4) is 5.75 Å². The van der Waals surface area contributed by atoms with E-state index in [1.807, 2.05) is 45.9 Å². The number of benzene rings is 1. The van der Waals surface area contributed by atoms with E-state index in [1.165, 1.54) is 6.08 Å². The maximum atomic E-state index is 10.7. The largest absolute Gasteiger partial charge is 0.489 e. The first kappa shape index (κ1) is 14.3. The number of ether oxygens (including phenoxy) is 1. The van der Waals surface area contributed by atoms with Crippen LogP contribution in [0.15, 0.2) is 29.8 Å². The first-order valence-corrected chi connectivity index (χ1v) is 6.04. The molecule has 0 saturated carbocycles. The standard InChI is InChI=1S/C15H20O3/c1-10(2)13(8-14(16)17)9-18-15-11(3)6-5-7-12(15)4/h5-8,10H,9H2,1-4H3,(H,16,17)/b13-8-. The molecular formula is C15H20O3. The van der Waals surface area contributed by atoms with Crippen LogP contribution >= 0.6 is 0 Å². The van der Waals surface area contributed by atoms with Gasteiger partial charge in [-0.15, -0.1) is 0 Å². The van der Waals surface area contributed by atoms with Crippen molar-refractivity contribution in [2.75, 3.05) is 6.61 Å². The van der Waals surface area contributed by atoms with E-state index in [4.69, 9.17) is 9.84 Å². The molecule has 0 aliphatic carbocycles. The van der Waals surface area contributed by atoms with Gasteiger partial charge in [-0.05, 0) is 36.5 Å². The summed E-state index contributed by atoms with van der Waals surface area (Å²) in [5.74, 6) is 0.0728. The number of rotatable bonds is 5. The fraction of sp³-hybridized carbons (Fsp3) is 0.400. The van der Waals surface area contributed by atoms with Gasteiger partial charge in [-0.25, -0.2) is 4.79 Å². The molecule has 0 fully saturated rings. The van der Waals surface area contributed by atoms with Gasteiger partial charge in [-0.3, -0.25) is 0 Å². The highest BCUT2D eigenvalue weighted by atomic mass is 16.5. The smallest absolute Gasteiger partial charge is 0.328 e. The minimum absolute atomic E-state index is 0.158. The van der Waals surface area contributed by atoms with E-state index in [0.29, 0.717) is 6.61 Å². The molecule has 0 atom stereocenters. The van der Waals surface area contributed by atoms with Crippen molar-refractivity contribution in [1.82, 2.24) is 0 Å². The molecule has 3 heteroatoms. The highest BCUT2D eigenvalue weighted by Gasteiger charge is 2.09. The van der Waals surface area contributed by atoms with Crippen LogP contribution in [-0.2, 0) is 4.79 Å². The summed E-state index contributed by atoms with van der Waals surface area (Å²) in [4.78, 5) is 10.7. The summed E-state index contributed by atoms with van der Waals surface area (Å²) in [6.45, 7) is 8.21. The summed E-state index contributed by atoms with van der Waals surface area (Å²) >= 11 is 0. The third kappa shape index (κ3) is 3.91. The summed E-state index contributed by atoms with van der Waals surface area (Å²) in [5, 5.41) is 8.81. The Morgan fingerprint density at radius 3 is 2.33 bits per heavy atom. The minimum Gasteiger partial charge on any atom is -0.489 e. The zero-order valence-corrected chi connectivity index (χ0v) is 11.4. The molecule has 1 rings (SSSR count). The predicted octanol–water partition coefficient (Wildman–Crippen LogP) is 3.35. The average Bonchev–Trinajstić information content (AvgIpc) is 2.26. The quantitative estimate of drug-likeness (QED) is 0.813. The summed E-state index contributed by atoms with van der Waals surface area (Å²) in [6.07, 6.45) is 1.23. The van der Waals surface area contributed by atoms with Gasteiger partial charge in [0.15, 0.2) is 0 Å². The Hall–Kier alpha value is -1.77. The third-order valence-electron chi connectivity index (χ3n) is 2.84. The Morgan fingerprint density at radius 1 is 1.33 bits per heavy atom. The van der Waals surface area contributed by atoms with E-state index >= 15 is 0 Å². The molecule has 0 radical (unpaired) electrons. The van der Waals surface area contributed by atoms with Gasteiger partial charge in [0, 0.05) is 6.08 Å². The Bertz CT molecular complexity index is 439. The van der Waals surface area contributed by atoms with E-state index in [9.17, 15) is 4.79 Å². The van der Waals surface area contributed by atoms with Gasteiger partial charge in [0.1, 0.15) is 12.4 Å². The molecule has 1 aromatic rings. The topological polar surface area (TPSA) is 46.5 Å². The predicted molar refractivity (Wildman–Crippen MR) is 72.0 cm³/mol. The van der Waals surface area contributed by atoms with E-state index in [0.717, 1.165) is 22.4 Å². The highest BCUT2D eigenvalue weighted by Crippen LogP contribution is 2.23. The van der Waals surface area contributed by atoms with E-state index in [1.54, 1.807) is 0 Å². The monoisotopic (exact) mass is 248 g/mol. The maximum absolute atomic E-state index is 10.7. The number of hydrogen-bond acceptors (Lipinski definition) is 2. The highest BCUT2D eigenvalue weighted by molar-refractivity contribution is 5.80. The number of hydrogen-bond donors (Lipinski definition) is 1. The first-order chi connectivity index (χ1) is 8.41. The number of carbonyl (C=O) groups is 1. The number of carboxylic acids is 1. The first-order valence-electron chi connectivity index (χ1n) is 6.04. The van der Waals surface area contributed by atoms with Crippen molar-refractivity contribution >= 4 is 5.97 Å². The van der Waals surface area contributed by atoms with Crippen molar-refractivity contribution < 1.29 is 14.6 Å². The average molecular weight is 248 g/mol. The molecule has 0 aliphatic heterocycles. The second-order valence-electron chi connectivity index (χ2n) is 4.72. The fourth-order valence-electron chi connectivity index (χ4n) is 1.72.